The van der Waals surface area contributed by atoms with Crippen LogP contribution in [0.4, 0.5) is 10.5 Å². The highest BCUT2D eigenvalue weighted by Gasteiger charge is 2.14. The summed E-state index contributed by atoms with van der Waals surface area (Å²) in [7, 11) is -3.81. The van der Waals surface area contributed by atoms with Crippen LogP contribution >= 0.6 is 0 Å². The molecule has 0 aliphatic heterocycles. The van der Waals surface area contributed by atoms with Crippen molar-refractivity contribution in [3.8, 4) is 0 Å². The van der Waals surface area contributed by atoms with Crippen molar-refractivity contribution in [1.29, 1.82) is 0 Å². The molecule has 0 atom stereocenters. The molecule has 0 unspecified atom stereocenters. The lowest BCUT2D eigenvalue weighted by Crippen LogP contribution is -2.41. The van der Waals surface area contributed by atoms with Crippen molar-refractivity contribution < 1.29 is 27.5 Å². The largest absolute Gasteiger partial charge is 0.452 e. The van der Waals surface area contributed by atoms with E-state index in [0.29, 0.717) is 12.1 Å². The Hall–Kier alpha value is -3.66. The van der Waals surface area contributed by atoms with Crippen LogP contribution in [0, 0.1) is 0 Å². The predicted octanol–water partition coefficient (Wildman–Crippen LogP) is 2.10. The number of benzene rings is 2. The molecule has 0 radical (unpaired) electrons. The van der Waals surface area contributed by atoms with Crippen molar-refractivity contribution in [3.05, 3.63) is 71.1 Å². The average molecular weight is 431 g/mol. The Morgan fingerprint density at radius 1 is 1.03 bits per heavy atom. The average Bonchev–Trinajstić information content (AvgIpc) is 2.71. The Morgan fingerprint density at radius 2 is 1.77 bits per heavy atom. The minimum absolute atomic E-state index is 0.0352. The van der Waals surface area contributed by atoms with Crippen molar-refractivity contribution in [2.45, 2.75) is 6.92 Å². The summed E-state index contributed by atoms with van der Waals surface area (Å²) in [5.74, 6) is -1.64. The Labute approximate surface area is 174 Å². The first-order chi connectivity index (χ1) is 14.3. The number of rotatable bonds is 8. The molecule has 0 bridgehead atoms. The predicted molar refractivity (Wildman–Crippen MR) is 112 cm³/mol. The molecule has 0 aliphatic rings. The van der Waals surface area contributed by atoms with Crippen molar-refractivity contribution in [2.24, 2.45) is 0 Å². The van der Waals surface area contributed by atoms with Gasteiger partial charge in [-0.05, 0) is 36.8 Å². The van der Waals surface area contributed by atoms with Crippen molar-refractivity contribution in [3.63, 3.8) is 0 Å². The van der Waals surface area contributed by atoms with Crippen LogP contribution in [0.1, 0.15) is 22.8 Å². The second kappa shape index (κ2) is 10.8. The van der Waals surface area contributed by atoms with Gasteiger partial charge in [0.15, 0.2) is 6.61 Å². The molecule has 0 heterocycles. The first kappa shape index (κ1) is 22.6. The number of anilines is 1. The van der Waals surface area contributed by atoms with Crippen LogP contribution < -0.4 is 15.4 Å². The third-order valence-corrected chi connectivity index (χ3v) is 4.54. The van der Waals surface area contributed by atoms with Gasteiger partial charge < -0.3 is 10.1 Å². The third-order valence-electron chi connectivity index (χ3n) is 3.52. The maximum Gasteiger partial charge on any atom is 0.338 e. The molecule has 9 nitrogen and oxygen atoms in total. The van der Waals surface area contributed by atoms with Gasteiger partial charge in [-0.2, -0.15) is 0 Å². The van der Waals surface area contributed by atoms with E-state index in [0.717, 1.165) is 5.41 Å². The van der Waals surface area contributed by atoms with Gasteiger partial charge >= 0.3 is 12.0 Å². The van der Waals surface area contributed by atoms with Gasteiger partial charge in [0.1, 0.15) is 0 Å². The standard InChI is InChI=1S/C20H21N3O6S/c1-2-21-20(26)22-18(24)14-29-19(25)16-9-6-10-17(13-16)23-30(27,28)12-11-15-7-4-3-5-8-15/h3-13,23H,2,14H2,1H3,(H2,21,22,24,26)/b12-11+. The van der Waals surface area contributed by atoms with Crippen molar-refractivity contribution in [2.75, 3.05) is 17.9 Å². The summed E-state index contributed by atoms with van der Waals surface area (Å²) in [6, 6.07) is 13.8. The molecule has 158 valence electrons. The molecule has 0 saturated heterocycles. The van der Waals surface area contributed by atoms with Crippen LogP contribution in [-0.4, -0.2) is 39.5 Å². The molecule has 3 amide bonds. The monoisotopic (exact) mass is 431 g/mol. The maximum atomic E-state index is 12.2. The fourth-order valence-electron chi connectivity index (χ4n) is 2.22. The normalized spacial score (nSPS) is 11.0. The number of ether oxygens (including phenoxy) is 1. The zero-order chi connectivity index (χ0) is 22.0. The number of carbonyl (C=O) groups is 3. The minimum atomic E-state index is -3.81. The highest BCUT2D eigenvalue weighted by atomic mass is 32.2. The quantitative estimate of drug-likeness (QED) is 0.549. The minimum Gasteiger partial charge on any atom is -0.452 e. The number of esters is 1. The number of imide groups is 1. The van der Waals surface area contributed by atoms with E-state index >= 15 is 0 Å². The summed E-state index contributed by atoms with van der Waals surface area (Å²) in [5.41, 5.74) is 0.896. The van der Waals surface area contributed by atoms with Gasteiger partial charge in [0.2, 0.25) is 0 Å². The Bertz CT molecular complexity index is 1040. The molecule has 0 aliphatic carbocycles. The van der Waals surface area contributed by atoms with Crippen molar-refractivity contribution >= 4 is 39.7 Å². The van der Waals surface area contributed by atoms with Gasteiger partial charge in [-0.1, -0.05) is 36.4 Å². The van der Waals surface area contributed by atoms with E-state index in [9.17, 15) is 22.8 Å². The van der Waals surface area contributed by atoms with Gasteiger partial charge in [0.05, 0.1) is 11.0 Å². The van der Waals surface area contributed by atoms with Crippen LogP contribution in [0.3, 0.4) is 0 Å². The Kier molecular flexibility index (Phi) is 8.12. The maximum absolute atomic E-state index is 12.2. The van der Waals surface area contributed by atoms with Gasteiger partial charge in [0.25, 0.3) is 15.9 Å². The summed E-state index contributed by atoms with van der Waals surface area (Å²) in [6.45, 7) is 1.36. The topological polar surface area (TPSA) is 131 Å². The highest BCUT2D eigenvalue weighted by molar-refractivity contribution is 7.95. The van der Waals surface area contributed by atoms with Crippen molar-refractivity contribution in [1.82, 2.24) is 10.6 Å². The van der Waals surface area contributed by atoms with Gasteiger partial charge in [-0.3, -0.25) is 14.8 Å². The molecule has 30 heavy (non-hydrogen) atoms. The molecule has 0 aromatic heterocycles. The molecular formula is C20H21N3O6S. The van der Waals surface area contributed by atoms with Crippen LogP contribution in [0.25, 0.3) is 6.08 Å². The Morgan fingerprint density at radius 3 is 2.47 bits per heavy atom. The third kappa shape index (κ3) is 7.76. The van der Waals surface area contributed by atoms with Gasteiger partial charge in [-0.15, -0.1) is 0 Å². The van der Waals surface area contributed by atoms with E-state index in [1.807, 2.05) is 11.4 Å². The summed E-state index contributed by atoms with van der Waals surface area (Å²) in [6.07, 6.45) is 1.44. The molecule has 3 N–H and O–H groups in total. The van der Waals surface area contributed by atoms with E-state index < -0.39 is 34.5 Å². The molecule has 0 spiro atoms. The number of nitrogens with one attached hydrogen (secondary N) is 3. The highest BCUT2D eigenvalue weighted by Crippen LogP contribution is 2.14. The molecule has 2 rings (SSSR count). The second-order valence-electron chi connectivity index (χ2n) is 5.93. The van der Waals surface area contributed by atoms with Gasteiger partial charge in [0, 0.05) is 12.2 Å². The van der Waals surface area contributed by atoms with E-state index in [2.05, 4.69) is 10.0 Å². The van der Waals surface area contributed by atoms with Crippen LogP contribution in [-0.2, 0) is 19.6 Å². The second-order valence-corrected chi connectivity index (χ2v) is 7.49. The SMILES string of the molecule is CCNC(=O)NC(=O)COC(=O)c1cccc(NS(=O)(=O)/C=C/c2ccccc2)c1. The fraction of sp³-hybridized carbons (Fsp3) is 0.150. The molecule has 10 heteroatoms. The molecule has 0 saturated carbocycles. The molecule has 0 fully saturated rings. The fourth-order valence-corrected chi connectivity index (χ4v) is 3.08. The van der Waals surface area contributed by atoms with Gasteiger partial charge in [-0.25, -0.2) is 18.0 Å². The van der Waals surface area contributed by atoms with Crippen LogP contribution in [0.2, 0.25) is 0 Å². The molecule has 2 aromatic carbocycles. The number of sulfonamides is 1. The van der Waals surface area contributed by atoms with E-state index in [4.69, 9.17) is 4.74 Å². The van der Waals surface area contributed by atoms with Crippen LogP contribution in [0.15, 0.2) is 60.0 Å². The van der Waals surface area contributed by atoms with E-state index in [-0.39, 0.29) is 11.3 Å². The first-order valence-corrected chi connectivity index (χ1v) is 10.4. The van der Waals surface area contributed by atoms with Crippen LogP contribution in [0.5, 0.6) is 0 Å². The summed E-state index contributed by atoms with van der Waals surface area (Å²) < 4.78 is 31.6. The number of urea groups is 1. The summed E-state index contributed by atoms with van der Waals surface area (Å²) in [4.78, 5) is 34.9. The number of hydrogen-bond donors (Lipinski definition) is 3. The Balaban J connectivity index is 1.96. The summed E-state index contributed by atoms with van der Waals surface area (Å²) in [5, 5.41) is 5.37. The zero-order valence-electron chi connectivity index (χ0n) is 16.1. The molecule has 2 aromatic rings. The zero-order valence-corrected chi connectivity index (χ0v) is 16.9. The number of amides is 3. The first-order valence-electron chi connectivity index (χ1n) is 8.90. The lowest BCUT2D eigenvalue weighted by molar-refractivity contribution is -0.123. The number of hydrogen-bond acceptors (Lipinski definition) is 6. The summed E-state index contributed by atoms with van der Waals surface area (Å²) >= 11 is 0. The lowest BCUT2D eigenvalue weighted by Gasteiger charge is -2.08. The number of carbonyl (C=O) groups excluding carboxylic acids is 3. The van der Waals surface area contributed by atoms with E-state index in [1.54, 1.807) is 31.2 Å². The lowest BCUT2D eigenvalue weighted by atomic mass is 10.2. The molecular weight excluding hydrogens is 410 g/mol. The smallest absolute Gasteiger partial charge is 0.338 e. The van der Waals surface area contributed by atoms with E-state index in [1.165, 1.54) is 30.3 Å².